The molecule has 1 saturated heterocycles. The zero-order valence-corrected chi connectivity index (χ0v) is 16.5. The van der Waals surface area contributed by atoms with E-state index in [2.05, 4.69) is 27.8 Å². The highest BCUT2D eigenvalue weighted by molar-refractivity contribution is 14.0. The van der Waals surface area contributed by atoms with Crippen LogP contribution in [0.2, 0.25) is 0 Å². The topological polar surface area (TPSA) is 54.9 Å². The van der Waals surface area contributed by atoms with E-state index < -0.39 is 0 Å². The summed E-state index contributed by atoms with van der Waals surface area (Å²) in [5, 5.41) is 6.62. The van der Waals surface area contributed by atoms with Gasteiger partial charge in [0.15, 0.2) is 5.96 Å². The largest absolute Gasteiger partial charge is 0.491 e. The monoisotopic (exact) mass is 433 g/mol. The summed E-state index contributed by atoms with van der Waals surface area (Å²) in [4.78, 5) is 4.24. The molecule has 2 rings (SSSR count). The van der Waals surface area contributed by atoms with Gasteiger partial charge in [-0.25, -0.2) is 0 Å². The lowest BCUT2D eigenvalue weighted by Gasteiger charge is -2.15. The molecule has 1 aromatic carbocycles. The average Bonchev–Trinajstić information content (AvgIpc) is 3.02. The molecule has 1 heterocycles. The molecule has 23 heavy (non-hydrogen) atoms. The fraction of sp³-hybridized carbons (Fsp3) is 0.588. The van der Waals surface area contributed by atoms with Crippen LogP contribution < -0.4 is 15.4 Å². The van der Waals surface area contributed by atoms with Gasteiger partial charge in [-0.15, -0.1) is 24.0 Å². The number of rotatable bonds is 6. The van der Waals surface area contributed by atoms with Crippen LogP contribution in [-0.2, 0) is 11.3 Å². The summed E-state index contributed by atoms with van der Waals surface area (Å²) in [5.74, 6) is 1.71. The van der Waals surface area contributed by atoms with Crippen LogP contribution in [0.5, 0.6) is 5.75 Å². The van der Waals surface area contributed by atoms with Crippen molar-refractivity contribution in [3.8, 4) is 5.75 Å². The highest BCUT2D eigenvalue weighted by atomic mass is 127. The van der Waals surface area contributed by atoms with E-state index in [1.807, 2.05) is 26.0 Å². The minimum Gasteiger partial charge on any atom is -0.491 e. The van der Waals surface area contributed by atoms with Crippen molar-refractivity contribution in [2.45, 2.75) is 45.4 Å². The quantitative estimate of drug-likeness (QED) is 0.412. The number of ether oxygens (including phenoxy) is 2. The van der Waals surface area contributed by atoms with Crippen molar-refractivity contribution in [2.24, 2.45) is 4.99 Å². The Morgan fingerprint density at radius 2 is 2.04 bits per heavy atom. The number of benzene rings is 1. The fourth-order valence-corrected chi connectivity index (χ4v) is 2.38. The van der Waals surface area contributed by atoms with E-state index in [-0.39, 0.29) is 30.1 Å². The van der Waals surface area contributed by atoms with Gasteiger partial charge in [0.05, 0.1) is 12.2 Å². The van der Waals surface area contributed by atoms with Gasteiger partial charge < -0.3 is 20.1 Å². The maximum Gasteiger partial charge on any atom is 0.191 e. The van der Waals surface area contributed by atoms with Gasteiger partial charge in [0.25, 0.3) is 0 Å². The number of aliphatic imine (C=N–C) groups is 1. The number of hydrogen-bond donors (Lipinski definition) is 2. The minimum absolute atomic E-state index is 0. The molecular formula is C17H28IN3O2. The van der Waals surface area contributed by atoms with Crippen molar-refractivity contribution in [1.29, 1.82) is 0 Å². The van der Waals surface area contributed by atoms with E-state index in [0.29, 0.717) is 6.10 Å². The van der Waals surface area contributed by atoms with E-state index in [0.717, 1.165) is 44.2 Å². The lowest BCUT2D eigenvalue weighted by molar-refractivity contribution is 0.114. The molecule has 1 aromatic rings. The molecule has 1 atom stereocenters. The average molecular weight is 433 g/mol. The molecule has 5 nitrogen and oxygen atoms in total. The first kappa shape index (κ1) is 20.0. The van der Waals surface area contributed by atoms with Gasteiger partial charge in [-0.2, -0.15) is 0 Å². The SMILES string of the molecule is CN=C(NCc1ccc(OC(C)C)cc1)NCC1CCCO1.I. The van der Waals surface area contributed by atoms with Crippen LogP contribution in [-0.4, -0.2) is 38.4 Å². The first-order valence-corrected chi connectivity index (χ1v) is 7.99. The Morgan fingerprint density at radius 1 is 1.30 bits per heavy atom. The van der Waals surface area contributed by atoms with Crippen LogP contribution >= 0.6 is 24.0 Å². The Morgan fingerprint density at radius 3 is 2.61 bits per heavy atom. The number of hydrogen-bond acceptors (Lipinski definition) is 3. The van der Waals surface area contributed by atoms with E-state index in [4.69, 9.17) is 9.47 Å². The Hall–Kier alpha value is -1.02. The molecule has 1 unspecified atom stereocenters. The summed E-state index contributed by atoms with van der Waals surface area (Å²) in [6, 6.07) is 8.13. The normalized spacial score (nSPS) is 17.7. The van der Waals surface area contributed by atoms with Crippen molar-refractivity contribution < 1.29 is 9.47 Å². The second-order valence-electron chi connectivity index (χ2n) is 5.75. The first-order chi connectivity index (χ1) is 10.7. The van der Waals surface area contributed by atoms with Crippen molar-refractivity contribution in [2.75, 3.05) is 20.2 Å². The van der Waals surface area contributed by atoms with E-state index in [9.17, 15) is 0 Å². The van der Waals surface area contributed by atoms with Gasteiger partial charge in [0.1, 0.15) is 5.75 Å². The molecule has 0 aliphatic carbocycles. The molecule has 0 aromatic heterocycles. The molecule has 0 spiro atoms. The van der Waals surface area contributed by atoms with Crippen LogP contribution in [0, 0.1) is 0 Å². The Kier molecular flexibility index (Phi) is 9.31. The third-order valence-electron chi connectivity index (χ3n) is 3.50. The molecule has 0 saturated carbocycles. The third-order valence-corrected chi connectivity index (χ3v) is 3.50. The molecule has 1 aliphatic heterocycles. The van der Waals surface area contributed by atoms with Crippen LogP contribution in [0.3, 0.4) is 0 Å². The summed E-state index contributed by atoms with van der Waals surface area (Å²) in [7, 11) is 1.78. The van der Waals surface area contributed by atoms with E-state index >= 15 is 0 Å². The van der Waals surface area contributed by atoms with E-state index in [1.165, 1.54) is 5.56 Å². The Labute approximate surface area is 156 Å². The van der Waals surface area contributed by atoms with Crippen LogP contribution in [0.15, 0.2) is 29.3 Å². The molecule has 1 fully saturated rings. The molecule has 1 aliphatic rings. The summed E-state index contributed by atoms with van der Waals surface area (Å²) in [6.45, 7) is 6.47. The van der Waals surface area contributed by atoms with Crippen LogP contribution in [0.25, 0.3) is 0 Å². The lowest BCUT2D eigenvalue weighted by Crippen LogP contribution is -2.40. The summed E-state index contributed by atoms with van der Waals surface area (Å²) in [6.07, 6.45) is 2.79. The lowest BCUT2D eigenvalue weighted by atomic mass is 10.2. The molecule has 0 bridgehead atoms. The van der Waals surface area contributed by atoms with Gasteiger partial charge >= 0.3 is 0 Å². The summed E-state index contributed by atoms with van der Waals surface area (Å²) in [5.41, 5.74) is 1.19. The minimum atomic E-state index is 0. The third kappa shape index (κ3) is 7.39. The second kappa shape index (κ2) is 10.7. The van der Waals surface area contributed by atoms with Gasteiger partial charge in [-0.05, 0) is 44.4 Å². The molecule has 130 valence electrons. The number of guanidine groups is 1. The van der Waals surface area contributed by atoms with Crippen molar-refractivity contribution in [3.05, 3.63) is 29.8 Å². The smallest absolute Gasteiger partial charge is 0.191 e. The zero-order chi connectivity index (χ0) is 15.8. The van der Waals surface area contributed by atoms with Gasteiger partial charge in [-0.3, -0.25) is 4.99 Å². The van der Waals surface area contributed by atoms with Gasteiger partial charge in [0.2, 0.25) is 0 Å². The number of nitrogens with zero attached hydrogens (tertiary/aromatic N) is 1. The number of nitrogens with one attached hydrogen (secondary N) is 2. The Balaban J connectivity index is 0.00000264. The first-order valence-electron chi connectivity index (χ1n) is 7.99. The summed E-state index contributed by atoms with van der Waals surface area (Å²) >= 11 is 0. The molecule has 0 radical (unpaired) electrons. The predicted molar refractivity (Wildman–Crippen MR) is 105 cm³/mol. The van der Waals surface area contributed by atoms with Crippen molar-refractivity contribution in [3.63, 3.8) is 0 Å². The second-order valence-corrected chi connectivity index (χ2v) is 5.75. The van der Waals surface area contributed by atoms with E-state index in [1.54, 1.807) is 7.05 Å². The highest BCUT2D eigenvalue weighted by Gasteiger charge is 2.15. The van der Waals surface area contributed by atoms with Gasteiger partial charge in [0, 0.05) is 26.7 Å². The molecule has 2 N–H and O–H groups in total. The van der Waals surface area contributed by atoms with Gasteiger partial charge in [-0.1, -0.05) is 12.1 Å². The molecular weight excluding hydrogens is 405 g/mol. The highest BCUT2D eigenvalue weighted by Crippen LogP contribution is 2.13. The molecule has 0 amide bonds. The standard InChI is InChI=1S/C17H27N3O2.HI/c1-13(2)22-15-8-6-14(7-9-15)11-19-17(18-3)20-12-16-5-4-10-21-16;/h6-9,13,16H,4-5,10-12H2,1-3H3,(H2,18,19,20);1H. The maximum absolute atomic E-state index is 5.64. The van der Waals surface area contributed by atoms with Crippen LogP contribution in [0.4, 0.5) is 0 Å². The number of halogens is 1. The summed E-state index contributed by atoms with van der Waals surface area (Å²) < 4.78 is 11.2. The van der Waals surface area contributed by atoms with Crippen LogP contribution in [0.1, 0.15) is 32.3 Å². The predicted octanol–water partition coefficient (Wildman–Crippen LogP) is 2.94. The zero-order valence-electron chi connectivity index (χ0n) is 14.2. The Bertz CT molecular complexity index is 471. The van der Waals surface area contributed by atoms with Crippen molar-refractivity contribution in [1.82, 2.24) is 10.6 Å². The van der Waals surface area contributed by atoms with Crippen molar-refractivity contribution >= 4 is 29.9 Å². The maximum atomic E-state index is 5.64. The fourth-order valence-electron chi connectivity index (χ4n) is 2.38. The molecule has 6 heteroatoms.